The molecule has 2 heterocycles. The number of rotatable bonds is 7. The van der Waals surface area contributed by atoms with Crippen LogP contribution in [0.4, 0.5) is 4.79 Å². The van der Waals surface area contributed by atoms with Crippen molar-refractivity contribution < 1.29 is 22.7 Å². The van der Waals surface area contributed by atoms with Crippen molar-refractivity contribution in [1.29, 1.82) is 0 Å². The SMILES string of the molecule is CCCS(=O)(=O)N1CCCC(C(=O)NCCC2=CCN(C(=O)OC(C)(C)C)CC2)C1. The number of carbonyl (C=O) groups is 2. The molecule has 0 aromatic rings. The number of piperidine rings is 1. The number of hydrogen-bond donors (Lipinski definition) is 1. The quantitative estimate of drug-likeness (QED) is 0.610. The minimum atomic E-state index is -3.26. The van der Waals surface area contributed by atoms with Crippen molar-refractivity contribution >= 4 is 22.0 Å². The first-order chi connectivity index (χ1) is 14.0. The van der Waals surface area contributed by atoms with E-state index in [0.717, 1.165) is 19.3 Å². The summed E-state index contributed by atoms with van der Waals surface area (Å²) in [7, 11) is -3.26. The molecule has 2 aliphatic rings. The van der Waals surface area contributed by atoms with Gasteiger partial charge in [0.2, 0.25) is 15.9 Å². The summed E-state index contributed by atoms with van der Waals surface area (Å²) in [5, 5.41) is 2.96. The number of carbonyl (C=O) groups excluding carboxylic acids is 2. The van der Waals surface area contributed by atoms with Crippen molar-refractivity contribution in [3.8, 4) is 0 Å². The zero-order valence-corrected chi connectivity index (χ0v) is 19.6. The van der Waals surface area contributed by atoms with Crippen molar-refractivity contribution in [2.24, 2.45) is 5.92 Å². The second-order valence-corrected chi connectivity index (χ2v) is 11.2. The molecule has 30 heavy (non-hydrogen) atoms. The standard InChI is InChI=1S/C21H37N3O5S/c1-5-15-30(27,28)24-12-6-7-18(16-24)19(25)22-11-8-17-9-13-23(14-10-17)20(26)29-21(2,3)4/h9,18H,5-8,10-16H2,1-4H3,(H,22,25). The first-order valence-corrected chi connectivity index (χ1v) is 12.5. The monoisotopic (exact) mass is 443 g/mol. The fourth-order valence-electron chi connectivity index (χ4n) is 3.72. The van der Waals surface area contributed by atoms with E-state index < -0.39 is 15.6 Å². The minimum Gasteiger partial charge on any atom is -0.444 e. The van der Waals surface area contributed by atoms with Crippen molar-refractivity contribution in [3.63, 3.8) is 0 Å². The predicted molar refractivity (Wildman–Crippen MR) is 117 cm³/mol. The third-order valence-corrected chi connectivity index (χ3v) is 7.35. The van der Waals surface area contributed by atoms with Crippen molar-refractivity contribution in [2.45, 2.75) is 65.4 Å². The Hall–Kier alpha value is -1.61. The Morgan fingerprint density at radius 2 is 2.00 bits per heavy atom. The second kappa shape index (κ2) is 10.6. The predicted octanol–water partition coefficient (Wildman–Crippen LogP) is 2.51. The van der Waals surface area contributed by atoms with Crippen LogP contribution in [0.2, 0.25) is 0 Å². The Morgan fingerprint density at radius 1 is 1.27 bits per heavy atom. The highest BCUT2D eigenvalue weighted by Gasteiger charge is 2.31. The number of amides is 2. The number of nitrogens with one attached hydrogen (secondary N) is 1. The molecule has 0 aromatic carbocycles. The van der Waals surface area contributed by atoms with Gasteiger partial charge in [0.15, 0.2) is 0 Å². The van der Waals surface area contributed by atoms with E-state index in [-0.39, 0.29) is 30.2 Å². The summed E-state index contributed by atoms with van der Waals surface area (Å²) in [4.78, 5) is 26.3. The third-order valence-electron chi connectivity index (χ3n) is 5.31. The first-order valence-electron chi connectivity index (χ1n) is 10.9. The lowest BCUT2D eigenvalue weighted by atomic mass is 9.98. The van der Waals surface area contributed by atoms with Gasteiger partial charge in [-0.05, 0) is 52.9 Å². The molecule has 1 fully saturated rings. The summed E-state index contributed by atoms with van der Waals surface area (Å²) in [6.45, 7) is 9.84. The van der Waals surface area contributed by atoms with Crippen LogP contribution in [0.25, 0.3) is 0 Å². The van der Waals surface area contributed by atoms with E-state index in [4.69, 9.17) is 4.74 Å². The fraction of sp³-hybridized carbons (Fsp3) is 0.810. The Morgan fingerprint density at radius 3 is 2.60 bits per heavy atom. The van der Waals surface area contributed by atoms with Gasteiger partial charge in [-0.3, -0.25) is 4.79 Å². The van der Waals surface area contributed by atoms with Crippen LogP contribution >= 0.6 is 0 Å². The zero-order valence-electron chi connectivity index (χ0n) is 18.8. The molecule has 2 rings (SSSR count). The molecule has 1 N–H and O–H groups in total. The molecule has 0 saturated carbocycles. The lowest BCUT2D eigenvalue weighted by molar-refractivity contribution is -0.126. The minimum absolute atomic E-state index is 0.0711. The Balaban J connectivity index is 1.75. The van der Waals surface area contributed by atoms with Crippen LogP contribution in [0.5, 0.6) is 0 Å². The summed E-state index contributed by atoms with van der Waals surface area (Å²) < 4.78 is 31.4. The Bertz CT molecular complexity index is 742. The largest absolute Gasteiger partial charge is 0.444 e. The number of sulfonamides is 1. The molecule has 0 radical (unpaired) electrons. The van der Waals surface area contributed by atoms with Gasteiger partial charge in [0.25, 0.3) is 0 Å². The molecule has 0 bridgehead atoms. The van der Waals surface area contributed by atoms with E-state index in [2.05, 4.69) is 5.32 Å². The fourth-order valence-corrected chi connectivity index (χ4v) is 5.31. The highest BCUT2D eigenvalue weighted by atomic mass is 32.2. The lowest BCUT2D eigenvalue weighted by Crippen LogP contribution is -2.46. The topological polar surface area (TPSA) is 96.0 Å². The van der Waals surface area contributed by atoms with E-state index in [1.54, 1.807) is 4.90 Å². The molecule has 9 heteroatoms. The Labute approximate surface area is 181 Å². The molecule has 1 atom stereocenters. The highest BCUT2D eigenvalue weighted by Crippen LogP contribution is 2.21. The molecule has 0 aliphatic carbocycles. The number of hydrogen-bond acceptors (Lipinski definition) is 5. The summed E-state index contributed by atoms with van der Waals surface area (Å²) in [5.74, 6) is -0.220. The van der Waals surface area contributed by atoms with Crippen LogP contribution in [0.15, 0.2) is 11.6 Å². The maximum atomic E-state index is 12.5. The summed E-state index contributed by atoms with van der Waals surface area (Å²) in [5.41, 5.74) is 0.710. The third kappa shape index (κ3) is 7.58. The van der Waals surface area contributed by atoms with Gasteiger partial charge in [0, 0.05) is 32.7 Å². The van der Waals surface area contributed by atoms with E-state index in [1.807, 2.05) is 33.8 Å². The van der Waals surface area contributed by atoms with Gasteiger partial charge in [-0.1, -0.05) is 18.6 Å². The van der Waals surface area contributed by atoms with E-state index in [0.29, 0.717) is 39.0 Å². The van der Waals surface area contributed by atoms with Gasteiger partial charge >= 0.3 is 6.09 Å². The van der Waals surface area contributed by atoms with Crippen LogP contribution in [0.3, 0.4) is 0 Å². The molecule has 1 saturated heterocycles. The van der Waals surface area contributed by atoms with Gasteiger partial charge in [0.1, 0.15) is 5.60 Å². The normalized spacial score (nSPS) is 21.1. The Kier molecular flexibility index (Phi) is 8.73. The summed E-state index contributed by atoms with van der Waals surface area (Å²) >= 11 is 0. The average Bonchev–Trinajstić information content (AvgIpc) is 2.67. The summed E-state index contributed by atoms with van der Waals surface area (Å²) in [6.07, 6.45) is 5.24. The smallest absolute Gasteiger partial charge is 0.410 e. The summed E-state index contributed by atoms with van der Waals surface area (Å²) in [6, 6.07) is 0. The van der Waals surface area contributed by atoms with Gasteiger partial charge in [-0.2, -0.15) is 0 Å². The van der Waals surface area contributed by atoms with E-state index in [9.17, 15) is 18.0 Å². The molecular weight excluding hydrogens is 406 g/mol. The van der Waals surface area contributed by atoms with Gasteiger partial charge in [-0.25, -0.2) is 17.5 Å². The average molecular weight is 444 g/mol. The van der Waals surface area contributed by atoms with Gasteiger partial charge in [0.05, 0.1) is 11.7 Å². The van der Waals surface area contributed by atoms with E-state index >= 15 is 0 Å². The highest BCUT2D eigenvalue weighted by molar-refractivity contribution is 7.89. The van der Waals surface area contributed by atoms with Crippen LogP contribution in [0.1, 0.15) is 59.8 Å². The van der Waals surface area contributed by atoms with Crippen LogP contribution in [-0.2, 0) is 19.6 Å². The van der Waals surface area contributed by atoms with Crippen LogP contribution < -0.4 is 5.32 Å². The van der Waals surface area contributed by atoms with E-state index in [1.165, 1.54) is 9.88 Å². The van der Waals surface area contributed by atoms with Crippen molar-refractivity contribution in [1.82, 2.24) is 14.5 Å². The van der Waals surface area contributed by atoms with Crippen LogP contribution in [-0.4, -0.2) is 73.7 Å². The molecular formula is C21H37N3O5S. The first kappa shape index (κ1) is 24.7. The number of ether oxygens (including phenoxy) is 1. The number of nitrogens with zero attached hydrogens (tertiary/aromatic N) is 2. The molecule has 0 aromatic heterocycles. The van der Waals surface area contributed by atoms with Crippen molar-refractivity contribution in [3.05, 3.63) is 11.6 Å². The zero-order chi connectivity index (χ0) is 22.4. The molecule has 1 unspecified atom stereocenters. The second-order valence-electron chi connectivity index (χ2n) is 9.09. The molecule has 0 spiro atoms. The van der Waals surface area contributed by atoms with Gasteiger partial charge in [-0.15, -0.1) is 0 Å². The lowest BCUT2D eigenvalue weighted by Gasteiger charge is -2.31. The molecule has 172 valence electrons. The van der Waals surface area contributed by atoms with Crippen molar-refractivity contribution in [2.75, 3.05) is 38.5 Å². The van der Waals surface area contributed by atoms with Gasteiger partial charge < -0.3 is 15.0 Å². The maximum Gasteiger partial charge on any atom is 0.410 e. The molecule has 2 amide bonds. The maximum absolute atomic E-state index is 12.5. The molecule has 2 aliphatic heterocycles. The molecule has 8 nitrogen and oxygen atoms in total. The van der Waals surface area contributed by atoms with Crippen LogP contribution in [0, 0.1) is 5.92 Å².